The maximum atomic E-state index is 12.2. The molecule has 1 saturated carbocycles. The number of sulfonamides is 1. The SMILES string of the molecule is CSC1CCC(NS(=O)(=O)Cc2ccc(N)cc2)CC1. The van der Waals surface area contributed by atoms with Gasteiger partial charge in [0.05, 0.1) is 5.75 Å². The molecule has 20 heavy (non-hydrogen) atoms. The van der Waals surface area contributed by atoms with E-state index in [2.05, 4.69) is 11.0 Å². The van der Waals surface area contributed by atoms with Crippen molar-refractivity contribution < 1.29 is 8.42 Å². The van der Waals surface area contributed by atoms with E-state index < -0.39 is 10.0 Å². The fraction of sp³-hybridized carbons (Fsp3) is 0.571. The third-order valence-electron chi connectivity index (χ3n) is 3.69. The number of benzene rings is 1. The smallest absolute Gasteiger partial charge is 0.216 e. The second-order valence-corrected chi connectivity index (χ2v) is 8.22. The van der Waals surface area contributed by atoms with Gasteiger partial charge < -0.3 is 5.73 Å². The van der Waals surface area contributed by atoms with Gasteiger partial charge in [0.25, 0.3) is 0 Å². The summed E-state index contributed by atoms with van der Waals surface area (Å²) in [5.74, 6) is 0.0235. The number of hydrogen-bond acceptors (Lipinski definition) is 4. The Kier molecular flexibility index (Phi) is 5.35. The summed E-state index contributed by atoms with van der Waals surface area (Å²) in [7, 11) is -3.27. The monoisotopic (exact) mass is 314 g/mol. The van der Waals surface area contributed by atoms with Crippen LogP contribution in [0.25, 0.3) is 0 Å². The molecule has 3 N–H and O–H groups in total. The molecule has 1 aromatic carbocycles. The van der Waals surface area contributed by atoms with Gasteiger partial charge in [-0.05, 0) is 49.6 Å². The van der Waals surface area contributed by atoms with Crippen molar-refractivity contribution in [1.29, 1.82) is 0 Å². The zero-order valence-electron chi connectivity index (χ0n) is 11.7. The predicted molar refractivity (Wildman–Crippen MR) is 86.2 cm³/mol. The fourth-order valence-electron chi connectivity index (χ4n) is 2.55. The van der Waals surface area contributed by atoms with Crippen LogP contribution in [0.2, 0.25) is 0 Å². The molecule has 0 unspecified atom stereocenters. The molecule has 4 nitrogen and oxygen atoms in total. The first-order valence-corrected chi connectivity index (χ1v) is 9.80. The van der Waals surface area contributed by atoms with Crippen molar-refractivity contribution in [2.75, 3.05) is 12.0 Å². The van der Waals surface area contributed by atoms with Gasteiger partial charge >= 0.3 is 0 Å². The second kappa shape index (κ2) is 6.83. The zero-order valence-corrected chi connectivity index (χ0v) is 13.3. The molecule has 6 heteroatoms. The summed E-state index contributed by atoms with van der Waals surface area (Å²) >= 11 is 1.88. The molecule has 0 radical (unpaired) electrons. The maximum absolute atomic E-state index is 12.2. The first-order chi connectivity index (χ1) is 9.48. The summed E-state index contributed by atoms with van der Waals surface area (Å²) < 4.78 is 27.1. The Hall–Kier alpha value is -0.720. The Morgan fingerprint density at radius 1 is 1.20 bits per heavy atom. The standard InChI is InChI=1S/C14H22N2O2S2/c1-19-14-8-6-13(7-9-14)16-20(17,18)10-11-2-4-12(15)5-3-11/h2-5,13-14,16H,6-10,15H2,1H3. The van der Waals surface area contributed by atoms with Gasteiger partial charge in [-0.15, -0.1) is 0 Å². The van der Waals surface area contributed by atoms with E-state index in [1.165, 1.54) is 0 Å². The number of rotatable bonds is 5. The molecular weight excluding hydrogens is 292 g/mol. The van der Waals surface area contributed by atoms with Crippen LogP contribution in [0.1, 0.15) is 31.2 Å². The van der Waals surface area contributed by atoms with Gasteiger partial charge in [0, 0.05) is 17.0 Å². The summed E-state index contributed by atoms with van der Waals surface area (Å²) in [6.07, 6.45) is 6.18. The third kappa shape index (κ3) is 4.68. The third-order valence-corrected chi connectivity index (χ3v) is 6.23. The Morgan fingerprint density at radius 3 is 2.35 bits per heavy atom. The van der Waals surface area contributed by atoms with E-state index in [1.807, 2.05) is 11.8 Å². The van der Waals surface area contributed by atoms with Crippen LogP contribution in [0, 0.1) is 0 Å². The molecule has 0 saturated heterocycles. The van der Waals surface area contributed by atoms with Crippen LogP contribution in [0.3, 0.4) is 0 Å². The maximum Gasteiger partial charge on any atom is 0.216 e. The average molecular weight is 314 g/mol. The highest BCUT2D eigenvalue weighted by Gasteiger charge is 2.24. The molecule has 1 aliphatic rings. The Bertz CT molecular complexity index is 521. The first-order valence-electron chi connectivity index (χ1n) is 6.86. The lowest BCUT2D eigenvalue weighted by molar-refractivity contribution is 0.420. The quantitative estimate of drug-likeness (QED) is 0.818. The van der Waals surface area contributed by atoms with Gasteiger partial charge in [0.15, 0.2) is 0 Å². The van der Waals surface area contributed by atoms with Gasteiger partial charge in [-0.25, -0.2) is 13.1 Å². The molecule has 0 heterocycles. The Balaban J connectivity index is 1.89. The van der Waals surface area contributed by atoms with Gasteiger partial charge in [0.2, 0.25) is 10.0 Å². The number of anilines is 1. The lowest BCUT2D eigenvalue weighted by atomic mass is 9.96. The van der Waals surface area contributed by atoms with Crippen LogP contribution < -0.4 is 10.5 Å². The van der Waals surface area contributed by atoms with Crippen molar-refractivity contribution in [3.05, 3.63) is 29.8 Å². The van der Waals surface area contributed by atoms with Crippen molar-refractivity contribution in [2.45, 2.75) is 42.7 Å². The minimum absolute atomic E-state index is 0.0235. The second-order valence-electron chi connectivity index (χ2n) is 5.33. The minimum Gasteiger partial charge on any atom is -0.399 e. The van der Waals surface area contributed by atoms with Crippen molar-refractivity contribution in [1.82, 2.24) is 4.72 Å². The van der Waals surface area contributed by atoms with Crippen molar-refractivity contribution >= 4 is 27.5 Å². The van der Waals surface area contributed by atoms with Crippen LogP contribution in [0.5, 0.6) is 0 Å². The number of thioether (sulfide) groups is 1. The van der Waals surface area contributed by atoms with Crippen LogP contribution in [-0.2, 0) is 15.8 Å². The predicted octanol–water partition coefficient (Wildman–Crippen LogP) is 2.36. The molecule has 0 aromatic heterocycles. The number of hydrogen-bond donors (Lipinski definition) is 2. The topological polar surface area (TPSA) is 72.2 Å². The van der Waals surface area contributed by atoms with E-state index in [4.69, 9.17) is 5.73 Å². The molecule has 1 aromatic rings. The largest absolute Gasteiger partial charge is 0.399 e. The van der Waals surface area contributed by atoms with Gasteiger partial charge in [-0.1, -0.05) is 12.1 Å². The molecule has 1 fully saturated rings. The minimum atomic E-state index is -3.27. The summed E-state index contributed by atoms with van der Waals surface area (Å²) in [4.78, 5) is 0. The average Bonchev–Trinajstić information content (AvgIpc) is 2.41. The van der Waals surface area contributed by atoms with E-state index in [-0.39, 0.29) is 11.8 Å². The molecular formula is C14H22N2O2S2. The molecule has 0 atom stereocenters. The molecule has 0 bridgehead atoms. The Labute approximate surface area is 125 Å². The molecule has 112 valence electrons. The van der Waals surface area contributed by atoms with Gasteiger partial charge in [-0.2, -0.15) is 11.8 Å². The zero-order chi connectivity index (χ0) is 14.6. The number of nitrogen functional groups attached to an aromatic ring is 1. The summed E-state index contributed by atoms with van der Waals surface area (Å²) in [5.41, 5.74) is 7.01. The molecule has 1 aliphatic carbocycles. The summed E-state index contributed by atoms with van der Waals surface area (Å²) in [6.45, 7) is 0. The van der Waals surface area contributed by atoms with Gasteiger partial charge in [0.1, 0.15) is 0 Å². The molecule has 0 aliphatic heterocycles. The molecule has 0 amide bonds. The highest BCUT2D eigenvalue weighted by molar-refractivity contribution is 7.99. The molecule has 2 rings (SSSR count). The summed E-state index contributed by atoms with van der Waals surface area (Å²) in [6, 6.07) is 7.08. The van der Waals surface area contributed by atoms with E-state index in [0.29, 0.717) is 10.9 Å². The summed E-state index contributed by atoms with van der Waals surface area (Å²) in [5, 5.41) is 0.688. The highest BCUT2D eigenvalue weighted by atomic mass is 32.2. The van der Waals surface area contributed by atoms with Crippen LogP contribution >= 0.6 is 11.8 Å². The van der Waals surface area contributed by atoms with Crippen molar-refractivity contribution in [2.24, 2.45) is 0 Å². The van der Waals surface area contributed by atoms with E-state index in [9.17, 15) is 8.42 Å². The van der Waals surface area contributed by atoms with Crippen LogP contribution in [0.15, 0.2) is 24.3 Å². The fourth-order valence-corrected chi connectivity index (χ4v) is 4.75. The molecule has 0 spiro atoms. The highest BCUT2D eigenvalue weighted by Crippen LogP contribution is 2.27. The first kappa shape index (κ1) is 15.7. The van der Waals surface area contributed by atoms with Crippen LogP contribution in [-0.4, -0.2) is 26.0 Å². The lowest BCUT2D eigenvalue weighted by Crippen LogP contribution is -2.38. The lowest BCUT2D eigenvalue weighted by Gasteiger charge is -2.27. The van der Waals surface area contributed by atoms with E-state index in [0.717, 1.165) is 31.2 Å². The van der Waals surface area contributed by atoms with Gasteiger partial charge in [-0.3, -0.25) is 0 Å². The number of nitrogens with one attached hydrogen (secondary N) is 1. The van der Waals surface area contributed by atoms with Crippen molar-refractivity contribution in [3.63, 3.8) is 0 Å². The normalized spacial score (nSPS) is 23.6. The number of nitrogens with two attached hydrogens (primary N) is 1. The van der Waals surface area contributed by atoms with E-state index in [1.54, 1.807) is 24.3 Å². The van der Waals surface area contributed by atoms with Crippen LogP contribution in [0.4, 0.5) is 5.69 Å². The Morgan fingerprint density at radius 2 is 1.80 bits per heavy atom. The van der Waals surface area contributed by atoms with E-state index >= 15 is 0 Å². The van der Waals surface area contributed by atoms with Crippen molar-refractivity contribution in [3.8, 4) is 0 Å².